The van der Waals surface area contributed by atoms with Crippen LogP contribution in [0, 0.1) is 10.1 Å². The van der Waals surface area contributed by atoms with Crippen LogP contribution in [0.2, 0.25) is 0 Å². The summed E-state index contributed by atoms with van der Waals surface area (Å²) in [7, 11) is 1.51. The zero-order valence-electron chi connectivity index (χ0n) is 16.7. The van der Waals surface area contributed by atoms with Crippen molar-refractivity contribution in [3.05, 3.63) is 92.8 Å². The lowest BCUT2D eigenvalue weighted by atomic mass is 10.2. The summed E-state index contributed by atoms with van der Waals surface area (Å²) in [5.74, 6) is -0.239. The summed E-state index contributed by atoms with van der Waals surface area (Å²) in [6.07, 6.45) is 0. The molecule has 4 aromatic rings. The third kappa shape index (κ3) is 3.91. The molecule has 0 atom stereocenters. The number of amides is 1. The van der Waals surface area contributed by atoms with Crippen LogP contribution in [0.25, 0.3) is 16.6 Å². The molecule has 0 unspecified atom stereocenters. The van der Waals surface area contributed by atoms with Gasteiger partial charge in [0, 0.05) is 17.7 Å². The second kappa shape index (κ2) is 8.52. The molecule has 32 heavy (non-hydrogen) atoms. The van der Waals surface area contributed by atoms with Crippen LogP contribution in [0.1, 0.15) is 10.4 Å². The van der Waals surface area contributed by atoms with E-state index >= 15 is 0 Å². The van der Waals surface area contributed by atoms with Gasteiger partial charge in [-0.15, -0.1) is 0 Å². The number of aromatic nitrogens is 2. The largest absolute Gasteiger partial charge is 0.497 e. The summed E-state index contributed by atoms with van der Waals surface area (Å²) in [6, 6.07) is 17.6. The summed E-state index contributed by atoms with van der Waals surface area (Å²) in [6.45, 7) is 0. The van der Waals surface area contributed by atoms with E-state index < -0.39 is 10.8 Å². The topological polar surface area (TPSA) is 130 Å². The second-order valence-electron chi connectivity index (χ2n) is 6.66. The highest BCUT2D eigenvalue weighted by atomic mass is 32.2. The molecule has 3 aromatic carbocycles. The Morgan fingerprint density at radius 3 is 2.62 bits per heavy atom. The Morgan fingerprint density at radius 1 is 1.12 bits per heavy atom. The van der Waals surface area contributed by atoms with Crippen molar-refractivity contribution in [1.29, 1.82) is 0 Å². The van der Waals surface area contributed by atoms with Gasteiger partial charge in [0.05, 0.1) is 33.5 Å². The number of nitro groups is 1. The first kappa shape index (κ1) is 21.1. The van der Waals surface area contributed by atoms with Crippen LogP contribution in [0.3, 0.4) is 0 Å². The average molecular weight is 448 g/mol. The summed E-state index contributed by atoms with van der Waals surface area (Å²) in [5.41, 5.74) is 5.57. The number of nitrogens with two attached hydrogens (primary N) is 1. The lowest BCUT2D eigenvalue weighted by Gasteiger charge is -2.14. The van der Waals surface area contributed by atoms with Crippen LogP contribution in [0.5, 0.6) is 5.75 Å². The van der Waals surface area contributed by atoms with Gasteiger partial charge in [-0.25, -0.2) is 4.98 Å². The molecule has 0 radical (unpaired) electrons. The predicted molar refractivity (Wildman–Crippen MR) is 120 cm³/mol. The number of hydrogen-bond donors (Lipinski definition) is 1. The molecule has 10 heteroatoms. The molecule has 9 nitrogen and oxygen atoms in total. The van der Waals surface area contributed by atoms with Crippen LogP contribution in [0.4, 0.5) is 5.69 Å². The minimum Gasteiger partial charge on any atom is -0.497 e. The Balaban J connectivity index is 1.96. The fourth-order valence-electron chi connectivity index (χ4n) is 3.16. The minimum absolute atomic E-state index is 0.0118. The van der Waals surface area contributed by atoms with Crippen LogP contribution in [-0.4, -0.2) is 27.5 Å². The first-order valence-electron chi connectivity index (χ1n) is 9.31. The number of rotatable bonds is 6. The van der Waals surface area contributed by atoms with Gasteiger partial charge in [-0.05, 0) is 48.2 Å². The SMILES string of the molecule is COc1cccc(-n2c(Sc3ccc(C(N)=O)cc3[N+](=O)[O-])nc3ccccc3c2=O)c1. The van der Waals surface area contributed by atoms with Crippen molar-refractivity contribution in [3.8, 4) is 11.4 Å². The van der Waals surface area contributed by atoms with Gasteiger partial charge < -0.3 is 10.5 Å². The highest BCUT2D eigenvalue weighted by molar-refractivity contribution is 7.99. The number of fused-ring (bicyclic) bond motifs is 1. The van der Waals surface area contributed by atoms with Crippen molar-refractivity contribution in [2.75, 3.05) is 7.11 Å². The molecule has 1 aromatic heterocycles. The third-order valence-electron chi connectivity index (χ3n) is 4.70. The molecule has 0 bridgehead atoms. The Kier molecular flexibility index (Phi) is 5.61. The Labute approximate surface area is 185 Å². The van der Waals surface area contributed by atoms with E-state index in [0.29, 0.717) is 22.3 Å². The van der Waals surface area contributed by atoms with Gasteiger partial charge in [-0.3, -0.25) is 24.3 Å². The van der Waals surface area contributed by atoms with E-state index in [1.165, 1.54) is 23.8 Å². The number of methoxy groups -OCH3 is 1. The van der Waals surface area contributed by atoms with Gasteiger partial charge in [-0.1, -0.05) is 18.2 Å². The third-order valence-corrected chi connectivity index (χ3v) is 5.72. The van der Waals surface area contributed by atoms with Gasteiger partial charge in [0.25, 0.3) is 11.2 Å². The Bertz CT molecular complexity index is 1430. The van der Waals surface area contributed by atoms with Crippen molar-refractivity contribution in [2.45, 2.75) is 10.1 Å². The summed E-state index contributed by atoms with van der Waals surface area (Å²) in [5, 5.41) is 12.3. The molecule has 1 heterocycles. The quantitative estimate of drug-likeness (QED) is 0.271. The lowest BCUT2D eigenvalue weighted by molar-refractivity contribution is -0.387. The number of ether oxygens (including phenoxy) is 1. The molecule has 2 N–H and O–H groups in total. The van der Waals surface area contributed by atoms with Crippen LogP contribution < -0.4 is 16.0 Å². The van der Waals surface area contributed by atoms with Crippen molar-refractivity contribution < 1.29 is 14.5 Å². The summed E-state index contributed by atoms with van der Waals surface area (Å²) < 4.78 is 6.65. The normalized spacial score (nSPS) is 10.8. The number of benzene rings is 3. The van der Waals surface area contributed by atoms with Crippen molar-refractivity contribution in [1.82, 2.24) is 9.55 Å². The molecule has 0 fully saturated rings. The van der Waals surface area contributed by atoms with Gasteiger partial charge in [-0.2, -0.15) is 0 Å². The molecule has 0 saturated carbocycles. The number of carbonyl (C=O) groups is 1. The zero-order valence-corrected chi connectivity index (χ0v) is 17.5. The molecular formula is C22H16N4O5S. The summed E-state index contributed by atoms with van der Waals surface area (Å²) >= 11 is 0.944. The Hall–Kier alpha value is -4.18. The number of primary amides is 1. The van der Waals surface area contributed by atoms with Gasteiger partial charge >= 0.3 is 0 Å². The smallest absolute Gasteiger partial charge is 0.284 e. The molecule has 0 aliphatic rings. The number of carbonyl (C=O) groups excluding carboxylic acids is 1. The fraction of sp³-hybridized carbons (Fsp3) is 0.0455. The van der Waals surface area contributed by atoms with Crippen LogP contribution >= 0.6 is 11.8 Å². The zero-order chi connectivity index (χ0) is 22.8. The lowest BCUT2D eigenvalue weighted by Crippen LogP contribution is -2.21. The van der Waals surface area contributed by atoms with Crippen molar-refractivity contribution in [3.63, 3.8) is 0 Å². The number of nitro benzene ring substituents is 1. The summed E-state index contributed by atoms with van der Waals surface area (Å²) in [4.78, 5) is 40.7. The monoisotopic (exact) mass is 448 g/mol. The van der Waals surface area contributed by atoms with E-state index in [4.69, 9.17) is 10.5 Å². The van der Waals surface area contributed by atoms with Crippen LogP contribution in [0.15, 0.2) is 81.6 Å². The fourth-order valence-corrected chi connectivity index (χ4v) is 4.15. The van der Waals surface area contributed by atoms with Gasteiger partial charge in [0.2, 0.25) is 5.91 Å². The van der Waals surface area contributed by atoms with E-state index in [1.807, 2.05) is 0 Å². The molecule has 0 saturated heterocycles. The van der Waals surface area contributed by atoms with E-state index in [2.05, 4.69) is 4.98 Å². The average Bonchev–Trinajstić information content (AvgIpc) is 2.79. The van der Waals surface area contributed by atoms with E-state index in [9.17, 15) is 19.7 Å². The molecular weight excluding hydrogens is 432 g/mol. The number of para-hydroxylation sites is 1. The second-order valence-corrected chi connectivity index (χ2v) is 7.67. The Morgan fingerprint density at radius 2 is 1.91 bits per heavy atom. The van der Waals surface area contributed by atoms with E-state index in [0.717, 1.165) is 17.8 Å². The maximum absolute atomic E-state index is 13.4. The van der Waals surface area contributed by atoms with E-state index in [-0.39, 0.29) is 26.9 Å². The van der Waals surface area contributed by atoms with E-state index in [1.54, 1.807) is 48.5 Å². The molecule has 4 rings (SSSR count). The van der Waals surface area contributed by atoms with Gasteiger partial charge in [0.15, 0.2) is 5.16 Å². The highest BCUT2D eigenvalue weighted by Crippen LogP contribution is 2.35. The maximum atomic E-state index is 13.4. The van der Waals surface area contributed by atoms with Crippen molar-refractivity contribution in [2.24, 2.45) is 5.73 Å². The first-order chi connectivity index (χ1) is 15.4. The highest BCUT2D eigenvalue weighted by Gasteiger charge is 2.21. The first-order valence-corrected chi connectivity index (χ1v) is 10.1. The maximum Gasteiger partial charge on any atom is 0.284 e. The molecule has 160 valence electrons. The predicted octanol–water partition coefficient (Wildman–Crippen LogP) is 3.55. The van der Waals surface area contributed by atoms with Crippen LogP contribution in [-0.2, 0) is 0 Å². The standard InChI is InChI=1S/C22H16N4O5S/c1-31-15-6-4-5-14(12-15)25-21(28)16-7-2-3-8-17(16)24-22(25)32-19-10-9-13(20(23)27)11-18(19)26(29)30/h2-12H,1H3,(H2,23,27). The molecule has 0 spiro atoms. The molecule has 0 aliphatic heterocycles. The molecule has 0 aliphatic carbocycles. The van der Waals surface area contributed by atoms with Crippen molar-refractivity contribution >= 4 is 34.3 Å². The molecule has 1 amide bonds. The number of nitrogens with zero attached hydrogens (tertiary/aromatic N) is 3. The van der Waals surface area contributed by atoms with Gasteiger partial charge in [0.1, 0.15) is 5.75 Å². The number of hydrogen-bond acceptors (Lipinski definition) is 7. The minimum atomic E-state index is -0.776.